The fourth-order valence-electron chi connectivity index (χ4n) is 1.16. The Hall–Kier alpha value is -1.16. The molecule has 0 fully saturated rings. The van der Waals surface area contributed by atoms with Crippen molar-refractivity contribution >= 4 is 5.82 Å². The second-order valence-corrected chi connectivity index (χ2v) is 3.25. The Morgan fingerprint density at radius 1 is 1.36 bits per heavy atom. The summed E-state index contributed by atoms with van der Waals surface area (Å²) in [4.78, 5) is 0. The van der Waals surface area contributed by atoms with Crippen molar-refractivity contribution in [3.05, 3.63) is 17.8 Å². The maximum Gasteiger partial charge on any atom is 0.148 e. The van der Waals surface area contributed by atoms with Gasteiger partial charge in [-0.05, 0) is 38.1 Å². The van der Waals surface area contributed by atoms with Gasteiger partial charge in [-0.3, -0.25) is 0 Å². The number of nitrogens with zero attached hydrogens (tertiary/aromatic N) is 2. The molecule has 4 nitrogen and oxygen atoms in total. The fourth-order valence-corrected chi connectivity index (χ4v) is 1.16. The Balaban J connectivity index is 2.18. The number of hydrogen-bond acceptors (Lipinski definition) is 4. The molecule has 0 saturated heterocycles. The second kappa shape index (κ2) is 6.32. The molecular weight excluding hydrogens is 176 g/mol. The van der Waals surface area contributed by atoms with Crippen molar-refractivity contribution in [3.63, 3.8) is 0 Å². The van der Waals surface area contributed by atoms with Gasteiger partial charge in [0.05, 0.1) is 6.20 Å². The third-order valence-electron chi connectivity index (χ3n) is 1.88. The first-order valence-electron chi connectivity index (χ1n) is 5.07. The van der Waals surface area contributed by atoms with Gasteiger partial charge in [0.15, 0.2) is 0 Å². The third-order valence-corrected chi connectivity index (χ3v) is 1.88. The van der Waals surface area contributed by atoms with Crippen molar-refractivity contribution in [2.45, 2.75) is 20.3 Å². The largest absolute Gasteiger partial charge is 0.369 e. The summed E-state index contributed by atoms with van der Waals surface area (Å²) in [6.07, 6.45) is 2.85. The maximum atomic E-state index is 3.98. The Kier molecular flexibility index (Phi) is 4.93. The van der Waals surface area contributed by atoms with Crippen LogP contribution < -0.4 is 10.6 Å². The molecule has 1 rings (SSSR count). The molecule has 1 heterocycles. The number of aryl methyl sites for hydroxylation is 1. The molecule has 0 spiro atoms. The van der Waals surface area contributed by atoms with Crippen molar-refractivity contribution < 1.29 is 0 Å². The summed E-state index contributed by atoms with van der Waals surface area (Å²) < 4.78 is 0. The number of nitrogens with one attached hydrogen (secondary N) is 2. The highest BCUT2D eigenvalue weighted by Gasteiger charge is 1.93. The first-order valence-corrected chi connectivity index (χ1v) is 5.07. The molecule has 0 saturated carbocycles. The molecule has 1 aromatic heterocycles. The average molecular weight is 194 g/mol. The van der Waals surface area contributed by atoms with Crippen LogP contribution in [0.1, 0.15) is 18.9 Å². The monoisotopic (exact) mass is 194 g/mol. The quantitative estimate of drug-likeness (QED) is 0.668. The van der Waals surface area contributed by atoms with Gasteiger partial charge >= 0.3 is 0 Å². The Bertz CT molecular complexity index is 262. The Morgan fingerprint density at radius 3 is 2.93 bits per heavy atom. The van der Waals surface area contributed by atoms with Crippen molar-refractivity contribution in [3.8, 4) is 0 Å². The van der Waals surface area contributed by atoms with Crippen molar-refractivity contribution in [2.24, 2.45) is 0 Å². The number of anilines is 1. The highest BCUT2D eigenvalue weighted by atomic mass is 15.2. The molecule has 0 atom stereocenters. The molecule has 0 amide bonds. The molecular formula is C10H18N4. The summed E-state index contributed by atoms with van der Waals surface area (Å²) in [6.45, 7) is 7.14. The molecule has 0 aliphatic heterocycles. The zero-order valence-electron chi connectivity index (χ0n) is 8.88. The Labute approximate surface area is 85.1 Å². The topological polar surface area (TPSA) is 49.8 Å². The molecule has 0 bridgehead atoms. The molecule has 78 valence electrons. The maximum absolute atomic E-state index is 3.98. The molecule has 0 radical (unpaired) electrons. The third kappa shape index (κ3) is 4.18. The van der Waals surface area contributed by atoms with Gasteiger partial charge in [0.25, 0.3) is 0 Å². The van der Waals surface area contributed by atoms with E-state index in [1.807, 2.05) is 13.0 Å². The lowest BCUT2D eigenvalue weighted by Crippen LogP contribution is -2.17. The predicted octanol–water partition coefficient (Wildman–Crippen LogP) is 1.20. The van der Waals surface area contributed by atoms with Gasteiger partial charge in [-0.15, -0.1) is 5.10 Å². The van der Waals surface area contributed by atoms with Crippen LogP contribution in [0.15, 0.2) is 12.3 Å². The summed E-state index contributed by atoms with van der Waals surface area (Å²) in [7, 11) is 0. The molecule has 0 aliphatic carbocycles. The van der Waals surface area contributed by atoms with E-state index in [0.717, 1.165) is 37.4 Å². The summed E-state index contributed by atoms with van der Waals surface area (Å²) >= 11 is 0. The molecule has 14 heavy (non-hydrogen) atoms. The van der Waals surface area contributed by atoms with Gasteiger partial charge in [0.2, 0.25) is 0 Å². The van der Waals surface area contributed by atoms with E-state index >= 15 is 0 Å². The van der Waals surface area contributed by atoms with Gasteiger partial charge < -0.3 is 10.6 Å². The van der Waals surface area contributed by atoms with E-state index in [-0.39, 0.29) is 0 Å². The summed E-state index contributed by atoms with van der Waals surface area (Å²) in [5.74, 6) is 0.862. The Morgan fingerprint density at radius 2 is 2.21 bits per heavy atom. The molecule has 4 heteroatoms. The van der Waals surface area contributed by atoms with E-state index < -0.39 is 0 Å². The van der Waals surface area contributed by atoms with Gasteiger partial charge in [-0.2, -0.15) is 5.10 Å². The second-order valence-electron chi connectivity index (χ2n) is 3.25. The minimum atomic E-state index is 0.862. The van der Waals surface area contributed by atoms with Crippen LogP contribution in [0.3, 0.4) is 0 Å². The van der Waals surface area contributed by atoms with E-state index in [1.54, 1.807) is 6.20 Å². The lowest BCUT2D eigenvalue weighted by Gasteiger charge is -2.05. The van der Waals surface area contributed by atoms with E-state index in [9.17, 15) is 0 Å². The zero-order valence-corrected chi connectivity index (χ0v) is 8.88. The van der Waals surface area contributed by atoms with Crippen LogP contribution in [-0.4, -0.2) is 29.8 Å². The van der Waals surface area contributed by atoms with E-state index in [4.69, 9.17) is 0 Å². The van der Waals surface area contributed by atoms with Crippen LogP contribution in [0.2, 0.25) is 0 Å². The molecule has 2 N–H and O–H groups in total. The fraction of sp³-hybridized carbons (Fsp3) is 0.600. The minimum Gasteiger partial charge on any atom is -0.369 e. The zero-order chi connectivity index (χ0) is 10.2. The number of aromatic nitrogens is 2. The van der Waals surface area contributed by atoms with Crippen molar-refractivity contribution in [1.29, 1.82) is 0 Å². The first-order chi connectivity index (χ1) is 6.83. The lowest BCUT2D eigenvalue weighted by molar-refractivity contribution is 0.687. The molecule has 1 aromatic rings. The molecule has 0 aromatic carbocycles. The minimum absolute atomic E-state index is 0.862. The lowest BCUT2D eigenvalue weighted by atomic mass is 10.3. The van der Waals surface area contributed by atoms with Crippen molar-refractivity contribution in [1.82, 2.24) is 15.5 Å². The van der Waals surface area contributed by atoms with Crippen LogP contribution in [0.4, 0.5) is 5.82 Å². The normalized spacial score (nSPS) is 10.1. The SMILES string of the molecule is CCNCCCNc1cc(C)cnn1. The highest BCUT2D eigenvalue weighted by Crippen LogP contribution is 2.02. The van der Waals surface area contributed by atoms with Gasteiger partial charge in [0.1, 0.15) is 5.82 Å². The first kappa shape index (κ1) is 10.9. The standard InChI is InChI=1S/C10H18N4/c1-3-11-5-4-6-12-10-7-9(2)8-13-14-10/h7-8,11H,3-6H2,1-2H3,(H,12,14). The van der Waals surface area contributed by atoms with Crippen LogP contribution >= 0.6 is 0 Å². The highest BCUT2D eigenvalue weighted by molar-refractivity contribution is 5.34. The van der Waals surface area contributed by atoms with Crippen LogP contribution in [0.5, 0.6) is 0 Å². The predicted molar refractivity (Wildman–Crippen MR) is 58.4 cm³/mol. The smallest absolute Gasteiger partial charge is 0.148 e. The number of rotatable bonds is 6. The van der Waals surface area contributed by atoms with Crippen LogP contribution in [0, 0.1) is 6.92 Å². The summed E-state index contributed by atoms with van der Waals surface area (Å²) in [5, 5.41) is 14.3. The van der Waals surface area contributed by atoms with E-state index in [1.165, 1.54) is 0 Å². The van der Waals surface area contributed by atoms with Crippen molar-refractivity contribution in [2.75, 3.05) is 25.0 Å². The molecule has 0 unspecified atom stereocenters. The average Bonchev–Trinajstić information content (AvgIpc) is 2.18. The van der Waals surface area contributed by atoms with Gasteiger partial charge in [-0.1, -0.05) is 6.92 Å². The molecule has 0 aliphatic rings. The number of hydrogen-bond donors (Lipinski definition) is 2. The van der Waals surface area contributed by atoms with E-state index in [2.05, 4.69) is 27.8 Å². The van der Waals surface area contributed by atoms with Crippen LogP contribution in [0.25, 0.3) is 0 Å². The van der Waals surface area contributed by atoms with Gasteiger partial charge in [-0.25, -0.2) is 0 Å². The van der Waals surface area contributed by atoms with Crippen LogP contribution in [-0.2, 0) is 0 Å². The van der Waals surface area contributed by atoms with Gasteiger partial charge in [0, 0.05) is 6.54 Å². The summed E-state index contributed by atoms with van der Waals surface area (Å²) in [6, 6.07) is 2.00. The summed E-state index contributed by atoms with van der Waals surface area (Å²) in [5.41, 5.74) is 1.13. The van der Waals surface area contributed by atoms with E-state index in [0.29, 0.717) is 0 Å².